The highest BCUT2D eigenvalue weighted by atomic mass is 32.2. The molecule has 64 valence electrons. The summed E-state index contributed by atoms with van der Waals surface area (Å²) in [6, 6.07) is 2.48. The molecule has 1 rings (SSSR count). The summed E-state index contributed by atoms with van der Waals surface area (Å²) >= 11 is 0. The van der Waals surface area contributed by atoms with Crippen molar-refractivity contribution in [3.63, 3.8) is 0 Å². The van der Waals surface area contributed by atoms with E-state index in [1.54, 1.807) is 0 Å². The smallest absolute Gasteiger partial charge is 0.227 e. The van der Waals surface area contributed by atoms with Crippen molar-refractivity contribution in [2.75, 3.05) is 0 Å². The fourth-order valence-corrected chi connectivity index (χ4v) is 1.41. The minimum absolute atomic E-state index is 0.444. The molecule has 3 nitrogen and oxygen atoms in total. The van der Waals surface area contributed by atoms with E-state index in [0.29, 0.717) is 5.41 Å². The van der Waals surface area contributed by atoms with E-state index in [0.717, 1.165) is 6.07 Å². The van der Waals surface area contributed by atoms with Crippen LogP contribution in [0, 0.1) is 5.95 Å². The first kappa shape index (κ1) is 8.86. The molecule has 0 aliphatic rings. The van der Waals surface area contributed by atoms with Gasteiger partial charge in [-0.05, 0) is 12.1 Å². The lowest BCUT2D eigenvalue weighted by Gasteiger charge is -1.97. The summed E-state index contributed by atoms with van der Waals surface area (Å²) in [5.41, 5.74) is 0. The summed E-state index contributed by atoms with van der Waals surface area (Å²) in [6.07, 6.45) is 1.18. The van der Waals surface area contributed by atoms with E-state index >= 15 is 0 Å². The van der Waals surface area contributed by atoms with Gasteiger partial charge in [0.1, 0.15) is 4.90 Å². The normalized spacial score (nSPS) is 11.1. The zero-order chi connectivity index (χ0) is 9.19. The molecule has 0 bridgehead atoms. The van der Waals surface area contributed by atoms with Gasteiger partial charge in [0.05, 0.1) is 0 Å². The molecule has 0 aliphatic heterocycles. The summed E-state index contributed by atoms with van der Waals surface area (Å²) in [4.78, 5) is 2.76. The number of nitrogens with zero attached hydrogens (tertiary/aromatic N) is 1. The maximum Gasteiger partial charge on any atom is 0.231 e. The highest BCUT2D eigenvalue weighted by Crippen LogP contribution is 2.12. The number of hydrogen-bond acceptors (Lipinski definition) is 3. The summed E-state index contributed by atoms with van der Waals surface area (Å²) < 4.78 is 34.8. The molecule has 0 saturated carbocycles. The summed E-state index contributed by atoms with van der Waals surface area (Å²) in [7, 11) is -3.70. The van der Waals surface area contributed by atoms with E-state index in [9.17, 15) is 12.8 Å². The highest BCUT2D eigenvalue weighted by Gasteiger charge is 2.14. The SMILES string of the molecule is C=CS(=O)(=O)c1cccnc1[18F]. The molecule has 0 saturated heterocycles. The van der Waals surface area contributed by atoms with Crippen LogP contribution in [-0.2, 0) is 9.84 Å². The van der Waals surface area contributed by atoms with Crippen LogP contribution in [-0.4, -0.2) is 13.4 Å². The molecule has 0 N–H and O–H groups in total. The van der Waals surface area contributed by atoms with Gasteiger partial charge < -0.3 is 0 Å². The summed E-state index contributed by atoms with van der Waals surface area (Å²) in [5.74, 6) is -1.00. The molecule has 0 unspecified atom stereocenters. The van der Waals surface area contributed by atoms with Crippen LogP contribution in [0.15, 0.2) is 35.2 Å². The standard InChI is InChI=1S/C7H6FNO2S/c1-2-12(10,11)6-4-3-5-9-7(6)8/h2-5H,1H2/i8-1. The Morgan fingerprint density at radius 3 is 2.75 bits per heavy atom. The molecule has 5 heteroatoms. The van der Waals surface area contributed by atoms with Gasteiger partial charge in [0.25, 0.3) is 0 Å². The van der Waals surface area contributed by atoms with Gasteiger partial charge in [-0.15, -0.1) is 0 Å². The van der Waals surface area contributed by atoms with Gasteiger partial charge in [0.2, 0.25) is 15.8 Å². The Kier molecular flexibility index (Phi) is 2.23. The number of sulfone groups is 1. The van der Waals surface area contributed by atoms with Crippen LogP contribution < -0.4 is 0 Å². The minimum atomic E-state index is -3.70. The molecule has 0 atom stereocenters. The molecular weight excluding hydrogens is 180 g/mol. The molecular formula is C7H6FNO2S. The van der Waals surface area contributed by atoms with Gasteiger partial charge in [0.15, 0.2) is 0 Å². The molecule has 0 radical (unpaired) electrons. The largest absolute Gasteiger partial charge is 0.231 e. The molecule has 1 heterocycles. The van der Waals surface area contributed by atoms with Crippen LogP contribution in [0.4, 0.5) is 4.39 Å². The Morgan fingerprint density at radius 2 is 2.25 bits per heavy atom. The quantitative estimate of drug-likeness (QED) is 0.650. The van der Waals surface area contributed by atoms with Crippen LogP contribution >= 0.6 is 0 Å². The lowest BCUT2D eigenvalue weighted by atomic mass is 10.5. The topological polar surface area (TPSA) is 47.0 Å². The first-order chi connectivity index (χ1) is 5.58. The molecule has 0 aromatic carbocycles. The zero-order valence-corrected chi connectivity index (χ0v) is 6.88. The second kappa shape index (κ2) is 3.02. The van der Waals surface area contributed by atoms with Crippen molar-refractivity contribution in [3.05, 3.63) is 36.3 Å². The van der Waals surface area contributed by atoms with Gasteiger partial charge >= 0.3 is 0 Å². The Labute approximate surface area is 69.5 Å². The van der Waals surface area contributed by atoms with Gasteiger partial charge in [-0.25, -0.2) is 13.4 Å². The van der Waals surface area contributed by atoms with Crippen LogP contribution in [0.1, 0.15) is 0 Å². The van der Waals surface area contributed by atoms with Crippen molar-refractivity contribution in [3.8, 4) is 0 Å². The van der Waals surface area contributed by atoms with Crippen LogP contribution in [0.25, 0.3) is 0 Å². The second-order valence-electron chi connectivity index (χ2n) is 2.00. The van der Waals surface area contributed by atoms with Crippen molar-refractivity contribution < 1.29 is 12.8 Å². The Balaban J connectivity index is 3.39. The molecule has 12 heavy (non-hydrogen) atoms. The predicted octanol–water partition coefficient (Wildman–Crippen LogP) is 1.14. The van der Waals surface area contributed by atoms with Crippen LogP contribution in [0.2, 0.25) is 0 Å². The monoisotopic (exact) mass is 186 g/mol. The predicted molar refractivity (Wildman–Crippen MR) is 41.6 cm³/mol. The molecule has 0 aliphatic carbocycles. The zero-order valence-electron chi connectivity index (χ0n) is 6.07. The highest BCUT2D eigenvalue weighted by molar-refractivity contribution is 7.94. The summed E-state index contributed by atoms with van der Waals surface area (Å²) in [5, 5.41) is 0.688. The van der Waals surface area contributed by atoms with Gasteiger partial charge in [-0.2, -0.15) is 4.39 Å². The van der Waals surface area contributed by atoms with Crippen molar-refractivity contribution in [1.29, 1.82) is 0 Å². The average Bonchev–Trinajstić information content (AvgIpc) is 2.05. The lowest BCUT2D eigenvalue weighted by molar-refractivity contribution is 0.541. The van der Waals surface area contributed by atoms with Crippen molar-refractivity contribution >= 4 is 9.84 Å². The number of hydrogen-bond donors (Lipinski definition) is 0. The van der Waals surface area contributed by atoms with Gasteiger partial charge in [-0.3, -0.25) is 0 Å². The van der Waals surface area contributed by atoms with Crippen molar-refractivity contribution in [1.82, 2.24) is 4.98 Å². The Morgan fingerprint density at radius 1 is 1.58 bits per heavy atom. The Bertz CT molecular complexity index is 400. The third-order valence-electron chi connectivity index (χ3n) is 1.25. The van der Waals surface area contributed by atoms with Crippen molar-refractivity contribution in [2.24, 2.45) is 0 Å². The van der Waals surface area contributed by atoms with E-state index in [1.807, 2.05) is 0 Å². The molecule has 0 amide bonds. The van der Waals surface area contributed by atoms with Crippen LogP contribution in [0.3, 0.4) is 0 Å². The Hall–Kier alpha value is -1.23. The average molecular weight is 186 g/mol. The van der Waals surface area contributed by atoms with E-state index in [-0.39, 0.29) is 0 Å². The van der Waals surface area contributed by atoms with Gasteiger partial charge in [-0.1, -0.05) is 6.58 Å². The molecule has 1 aromatic heterocycles. The van der Waals surface area contributed by atoms with E-state index in [2.05, 4.69) is 11.6 Å². The fraction of sp³-hybridized carbons (Fsp3) is 0. The number of aromatic nitrogens is 1. The minimum Gasteiger partial charge on any atom is -0.227 e. The molecule has 1 aromatic rings. The number of pyridine rings is 1. The second-order valence-corrected chi connectivity index (χ2v) is 3.87. The maximum atomic E-state index is 12.7. The van der Waals surface area contributed by atoms with E-state index < -0.39 is 20.7 Å². The lowest BCUT2D eigenvalue weighted by Crippen LogP contribution is -2.00. The van der Waals surface area contributed by atoms with Crippen molar-refractivity contribution in [2.45, 2.75) is 4.90 Å². The summed E-state index contributed by atoms with van der Waals surface area (Å²) in [6.45, 7) is 3.07. The third kappa shape index (κ3) is 1.50. The number of halogens is 1. The van der Waals surface area contributed by atoms with E-state index in [4.69, 9.17) is 0 Å². The first-order valence-corrected chi connectivity index (χ1v) is 4.60. The fourth-order valence-electron chi connectivity index (χ4n) is 0.673. The number of rotatable bonds is 2. The molecule has 0 spiro atoms. The maximum absolute atomic E-state index is 12.7. The molecule has 0 fully saturated rings. The first-order valence-electron chi connectivity index (χ1n) is 3.06. The van der Waals surface area contributed by atoms with Gasteiger partial charge in [0, 0.05) is 11.6 Å². The third-order valence-corrected chi connectivity index (χ3v) is 2.61. The van der Waals surface area contributed by atoms with E-state index in [1.165, 1.54) is 12.3 Å². The van der Waals surface area contributed by atoms with Crippen LogP contribution in [0.5, 0.6) is 0 Å².